The number of aldehydes is 1. The fourth-order valence-electron chi connectivity index (χ4n) is 2.10. The van der Waals surface area contributed by atoms with Gasteiger partial charge in [0, 0.05) is 12.8 Å². The molecule has 0 aromatic carbocycles. The summed E-state index contributed by atoms with van der Waals surface area (Å²) in [6.45, 7) is 8.13. The first-order valence-corrected chi connectivity index (χ1v) is 6.66. The first kappa shape index (κ1) is 15.1. The summed E-state index contributed by atoms with van der Waals surface area (Å²) in [5, 5.41) is 0. The maximum absolute atomic E-state index is 11.3. The van der Waals surface area contributed by atoms with Crippen molar-refractivity contribution in [2.75, 3.05) is 0 Å². The summed E-state index contributed by atoms with van der Waals surface area (Å²) in [6.07, 6.45) is 7.56. The molecule has 1 aliphatic heterocycles. The molecule has 1 rings (SSSR count). The average molecular weight is 252 g/mol. The molecule has 102 valence electrons. The van der Waals surface area contributed by atoms with Crippen molar-refractivity contribution in [3.63, 3.8) is 0 Å². The highest BCUT2D eigenvalue weighted by Crippen LogP contribution is 2.46. The van der Waals surface area contributed by atoms with Crippen molar-refractivity contribution in [1.29, 1.82) is 0 Å². The molecule has 3 heteroatoms. The third-order valence-corrected chi connectivity index (χ3v) is 3.57. The van der Waals surface area contributed by atoms with Gasteiger partial charge in [0.25, 0.3) is 0 Å². The molecular formula is C15H24O3. The highest BCUT2D eigenvalue weighted by Gasteiger charge is 2.52. The lowest BCUT2D eigenvalue weighted by Crippen LogP contribution is -2.17. The molecule has 18 heavy (non-hydrogen) atoms. The quantitative estimate of drug-likeness (QED) is 0.379. The molecule has 1 heterocycles. The Bertz CT molecular complexity index is 344. The van der Waals surface area contributed by atoms with Crippen LogP contribution in [0.5, 0.6) is 0 Å². The molecule has 0 bridgehead atoms. The molecule has 0 N–H and O–H groups in total. The van der Waals surface area contributed by atoms with Gasteiger partial charge in [-0.3, -0.25) is 4.79 Å². The molecule has 2 unspecified atom stereocenters. The molecule has 0 radical (unpaired) electrons. The number of ether oxygens (including phenoxy) is 1. The van der Waals surface area contributed by atoms with E-state index in [9.17, 15) is 9.59 Å². The number of rotatable bonds is 8. The molecule has 3 nitrogen and oxygen atoms in total. The predicted molar refractivity (Wildman–Crippen MR) is 71.4 cm³/mol. The van der Waals surface area contributed by atoms with Crippen molar-refractivity contribution in [2.45, 2.75) is 65.1 Å². The smallest absolute Gasteiger partial charge is 0.155 e. The third kappa shape index (κ3) is 4.37. The molecular weight excluding hydrogens is 228 g/mol. The number of carbonyl (C=O) groups excluding carboxylic acids is 2. The molecule has 0 aromatic rings. The summed E-state index contributed by atoms with van der Waals surface area (Å²) in [4.78, 5) is 21.6. The summed E-state index contributed by atoms with van der Waals surface area (Å²) in [6, 6.07) is 0. The zero-order valence-corrected chi connectivity index (χ0v) is 11.9. The Morgan fingerprint density at radius 1 is 1.44 bits per heavy atom. The van der Waals surface area contributed by atoms with Crippen LogP contribution >= 0.6 is 0 Å². The van der Waals surface area contributed by atoms with Gasteiger partial charge in [-0.05, 0) is 31.3 Å². The minimum Gasteiger partial charge on any atom is -0.366 e. The maximum Gasteiger partial charge on any atom is 0.155 e. The second-order valence-electron chi connectivity index (χ2n) is 5.97. The molecule has 1 fully saturated rings. The van der Waals surface area contributed by atoms with E-state index < -0.39 is 0 Å². The zero-order valence-electron chi connectivity index (χ0n) is 11.9. The largest absolute Gasteiger partial charge is 0.366 e. The number of carbonyl (C=O) groups is 2. The molecule has 2 atom stereocenters. The summed E-state index contributed by atoms with van der Waals surface area (Å²) < 4.78 is 5.70. The Balaban J connectivity index is 2.45. The van der Waals surface area contributed by atoms with Crippen LogP contribution < -0.4 is 0 Å². The maximum atomic E-state index is 11.3. The van der Waals surface area contributed by atoms with Gasteiger partial charge < -0.3 is 9.53 Å². The summed E-state index contributed by atoms with van der Waals surface area (Å²) in [5.74, 6) is 0.156. The zero-order chi connectivity index (χ0) is 13.8. The van der Waals surface area contributed by atoms with Gasteiger partial charge in [-0.15, -0.1) is 0 Å². The van der Waals surface area contributed by atoms with Crippen molar-refractivity contribution in [2.24, 2.45) is 5.41 Å². The van der Waals surface area contributed by atoms with Crippen molar-refractivity contribution >= 4 is 12.1 Å². The first-order chi connectivity index (χ1) is 8.33. The minimum absolute atomic E-state index is 0.0472. The van der Waals surface area contributed by atoms with E-state index >= 15 is 0 Å². The van der Waals surface area contributed by atoms with Gasteiger partial charge in [-0.1, -0.05) is 26.8 Å². The molecule has 0 amide bonds. The van der Waals surface area contributed by atoms with E-state index in [0.717, 1.165) is 19.1 Å². The summed E-state index contributed by atoms with van der Waals surface area (Å²) in [5.41, 5.74) is -0.185. The fraction of sp³-hybridized carbons (Fsp3) is 0.733. The van der Waals surface area contributed by atoms with Crippen LogP contribution in [-0.4, -0.2) is 23.8 Å². The first-order valence-electron chi connectivity index (χ1n) is 6.66. The Labute approximate surface area is 110 Å². The van der Waals surface area contributed by atoms with Gasteiger partial charge in [0.15, 0.2) is 5.78 Å². The topological polar surface area (TPSA) is 46.7 Å². The van der Waals surface area contributed by atoms with Crippen molar-refractivity contribution in [3.05, 3.63) is 12.2 Å². The standard InChI is InChI=1S/C15H24O3/c1-5-12(17)7-9-14(2,3)11-13-15(4,18-13)8-6-10-16/h7,9-10,13H,5-6,8,11H2,1-4H3/b9-7+. The Morgan fingerprint density at radius 3 is 2.67 bits per heavy atom. The normalized spacial score (nSPS) is 27.4. The van der Waals surface area contributed by atoms with Crippen molar-refractivity contribution in [1.82, 2.24) is 0 Å². The van der Waals surface area contributed by atoms with Gasteiger partial charge in [0.05, 0.1) is 11.7 Å². The Hall–Kier alpha value is -0.960. The third-order valence-electron chi connectivity index (χ3n) is 3.57. The molecule has 0 saturated carbocycles. The van der Waals surface area contributed by atoms with Crippen LogP contribution in [0, 0.1) is 5.41 Å². The molecule has 0 aliphatic carbocycles. The van der Waals surface area contributed by atoms with Crippen LogP contribution in [0.3, 0.4) is 0 Å². The highest BCUT2D eigenvalue weighted by molar-refractivity contribution is 5.89. The van der Waals surface area contributed by atoms with Gasteiger partial charge in [0.2, 0.25) is 0 Å². The molecule has 1 aliphatic rings. The predicted octanol–water partition coefficient (Wildman–Crippen LogP) is 3.07. The van der Waals surface area contributed by atoms with Crippen LogP contribution in [0.2, 0.25) is 0 Å². The molecule has 0 spiro atoms. The minimum atomic E-state index is -0.138. The van der Waals surface area contributed by atoms with E-state index in [1.165, 1.54) is 0 Å². The van der Waals surface area contributed by atoms with Crippen LogP contribution in [0.25, 0.3) is 0 Å². The van der Waals surface area contributed by atoms with Crippen LogP contribution in [0.15, 0.2) is 12.2 Å². The number of hydrogen-bond acceptors (Lipinski definition) is 3. The van der Waals surface area contributed by atoms with Gasteiger partial charge in [-0.2, -0.15) is 0 Å². The summed E-state index contributed by atoms with van der Waals surface area (Å²) in [7, 11) is 0. The monoisotopic (exact) mass is 252 g/mol. The van der Waals surface area contributed by atoms with Crippen molar-refractivity contribution < 1.29 is 14.3 Å². The lowest BCUT2D eigenvalue weighted by molar-refractivity contribution is -0.114. The van der Waals surface area contributed by atoms with E-state index in [1.54, 1.807) is 6.08 Å². The van der Waals surface area contributed by atoms with Gasteiger partial charge in [0.1, 0.15) is 6.29 Å². The Morgan fingerprint density at radius 2 is 2.11 bits per heavy atom. The SMILES string of the molecule is CCC(=O)/C=C/C(C)(C)CC1OC1(C)CCC=O. The molecule has 1 saturated heterocycles. The van der Waals surface area contributed by atoms with Crippen LogP contribution in [0.4, 0.5) is 0 Å². The number of allylic oxidation sites excluding steroid dienone is 2. The van der Waals surface area contributed by atoms with E-state index in [2.05, 4.69) is 20.8 Å². The van der Waals surface area contributed by atoms with Gasteiger partial charge in [-0.25, -0.2) is 0 Å². The molecule has 0 aromatic heterocycles. The second kappa shape index (κ2) is 5.79. The average Bonchev–Trinajstić information content (AvgIpc) is 2.93. The van der Waals surface area contributed by atoms with Crippen molar-refractivity contribution in [3.8, 4) is 0 Å². The lowest BCUT2D eigenvalue weighted by Gasteiger charge is -2.19. The van der Waals surface area contributed by atoms with Crippen LogP contribution in [-0.2, 0) is 14.3 Å². The van der Waals surface area contributed by atoms with E-state index in [0.29, 0.717) is 12.8 Å². The Kier molecular flexibility index (Phi) is 4.85. The van der Waals surface area contributed by atoms with Crippen LogP contribution in [0.1, 0.15) is 53.4 Å². The second-order valence-corrected chi connectivity index (χ2v) is 5.97. The van der Waals surface area contributed by atoms with E-state index in [4.69, 9.17) is 4.74 Å². The highest BCUT2D eigenvalue weighted by atomic mass is 16.6. The number of ketones is 1. The van der Waals surface area contributed by atoms with E-state index in [1.807, 2.05) is 13.0 Å². The number of hydrogen-bond donors (Lipinski definition) is 0. The lowest BCUT2D eigenvalue weighted by atomic mass is 9.83. The fourth-order valence-corrected chi connectivity index (χ4v) is 2.10. The number of epoxide rings is 1. The summed E-state index contributed by atoms with van der Waals surface area (Å²) >= 11 is 0. The van der Waals surface area contributed by atoms with E-state index in [-0.39, 0.29) is 22.9 Å². The van der Waals surface area contributed by atoms with Gasteiger partial charge >= 0.3 is 0 Å².